The lowest BCUT2D eigenvalue weighted by Crippen LogP contribution is -2.12. The van der Waals surface area contributed by atoms with Crippen LogP contribution in [0.4, 0.5) is 24.9 Å². The molecule has 1 aromatic heterocycles. The highest BCUT2D eigenvalue weighted by Gasteiger charge is 2.30. The maximum atomic E-state index is 12.6. The molecule has 138 valence electrons. The van der Waals surface area contributed by atoms with Crippen LogP contribution < -0.4 is 5.32 Å². The molecule has 0 saturated carbocycles. The van der Waals surface area contributed by atoms with Gasteiger partial charge >= 0.3 is 12.2 Å². The highest BCUT2D eigenvalue weighted by molar-refractivity contribution is 6.03. The standard InChI is InChI=1S/C16H9F3N4O4/c17-16(18,19)11-6-4-9(5-7-11)14-21-22-15(27-14)20-13(24)10-2-1-3-12(8-10)23(25)26/h1-8H,(H,20,22,24). The van der Waals surface area contributed by atoms with Gasteiger partial charge in [0.05, 0.1) is 10.5 Å². The van der Waals surface area contributed by atoms with Gasteiger partial charge in [0.15, 0.2) is 0 Å². The SMILES string of the molecule is O=C(Nc1nnc(-c2ccc(C(F)(F)F)cc2)o1)c1cccc([N+](=O)[O-])c1. The maximum absolute atomic E-state index is 12.6. The van der Waals surface area contributed by atoms with Gasteiger partial charge in [-0.05, 0) is 30.3 Å². The van der Waals surface area contributed by atoms with Crippen LogP contribution in [0.2, 0.25) is 0 Å². The molecule has 1 heterocycles. The van der Waals surface area contributed by atoms with Crippen molar-refractivity contribution in [3.63, 3.8) is 0 Å². The molecule has 1 N–H and O–H groups in total. The molecule has 0 spiro atoms. The summed E-state index contributed by atoms with van der Waals surface area (Å²) >= 11 is 0. The molecule has 1 amide bonds. The van der Waals surface area contributed by atoms with Crippen LogP contribution in [0.15, 0.2) is 52.9 Å². The Bertz CT molecular complexity index is 999. The van der Waals surface area contributed by atoms with E-state index in [2.05, 4.69) is 15.5 Å². The van der Waals surface area contributed by atoms with Gasteiger partial charge in [-0.2, -0.15) is 13.2 Å². The molecule has 2 aromatic carbocycles. The van der Waals surface area contributed by atoms with Crippen molar-refractivity contribution in [2.75, 3.05) is 5.32 Å². The molecule has 0 bridgehead atoms. The summed E-state index contributed by atoms with van der Waals surface area (Å²) in [5.74, 6) is -0.820. The fraction of sp³-hybridized carbons (Fsp3) is 0.0625. The van der Waals surface area contributed by atoms with Gasteiger partial charge in [0.2, 0.25) is 5.89 Å². The van der Waals surface area contributed by atoms with Gasteiger partial charge in [-0.25, -0.2) is 0 Å². The fourth-order valence-electron chi connectivity index (χ4n) is 2.12. The van der Waals surface area contributed by atoms with E-state index in [9.17, 15) is 28.1 Å². The van der Waals surface area contributed by atoms with Crippen LogP contribution in [0.1, 0.15) is 15.9 Å². The van der Waals surface area contributed by atoms with Gasteiger partial charge in [-0.1, -0.05) is 11.2 Å². The van der Waals surface area contributed by atoms with E-state index >= 15 is 0 Å². The molecule has 0 atom stereocenters. The Labute approximate surface area is 148 Å². The highest BCUT2D eigenvalue weighted by Crippen LogP contribution is 2.31. The molecule has 3 aromatic rings. The zero-order chi connectivity index (χ0) is 19.6. The van der Waals surface area contributed by atoms with Gasteiger partial charge in [0, 0.05) is 23.3 Å². The minimum absolute atomic E-state index is 0.00141. The molecule has 3 rings (SSSR count). The lowest BCUT2D eigenvalue weighted by Gasteiger charge is -2.05. The Kier molecular flexibility index (Phi) is 4.59. The van der Waals surface area contributed by atoms with Crippen molar-refractivity contribution in [3.05, 3.63) is 69.8 Å². The summed E-state index contributed by atoms with van der Waals surface area (Å²) in [6.45, 7) is 0. The summed E-state index contributed by atoms with van der Waals surface area (Å²) in [7, 11) is 0. The first-order valence-corrected chi connectivity index (χ1v) is 7.31. The number of alkyl halides is 3. The highest BCUT2D eigenvalue weighted by atomic mass is 19.4. The third-order valence-electron chi connectivity index (χ3n) is 3.42. The van der Waals surface area contributed by atoms with E-state index in [1.165, 1.54) is 18.2 Å². The maximum Gasteiger partial charge on any atom is 0.416 e. The summed E-state index contributed by atoms with van der Waals surface area (Å²) in [6, 6.07) is 8.73. The second-order valence-electron chi connectivity index (χ2n) is 5.25. The number of halogens is 3. The average molecular weight is 378 g/mol. The van der Waals surface area contributed by atoms with Crippen molar-refractivity contribution < 1.29 is 27.3 Å². The number of nitro groups is 1. The number of carbonyl (C=O) groups excluding carboxylic acids is 1. The van der Waals surface area contributed by atoms with Gasteiger partial charge in [-0.15, -0.1) is 5.10 Å². The predicted molar refractivity (Wildman–Crippen MR) is 85.8 cm³/mol. The molecule has 0 aliphatic carbocycles. The largest absolute Gasteiger partial charge is 0.416 e. The van der Waals surface area contributed by atoms with E-state index in [0.717, 1.165) is 30.3 Å². The van der Waals surface area contributed by atoms with Crippen molar-refractivity contribution >= 4 is 17.6 Å². The van der Waals surface area contributed by atoms with Crippen molar-refractivity contribution in [2.45, 2.75) is 6.18 Å². The zero-order valence-corrected chi connectivity index (χ0v) is 13.2. The topological polar surface area (TPSA) is 111 Å². The Morgan fingerprint density at radius 3 is 2.44 bits per heavy atom. The first-order chi connectivity index (χ1) is 12.7. The third-order valence-corrected chi connectivity index (χ3v) is 3.42. The molecular formula is C16H9F3N4O4. The van der Waals surface area contributed by atoms with E-state index in [-0.39, 0.29) is 28.7 Å². The third kappa shape index (κ3) is 4.08. The van der Waals surface area contributed by atoms with Crippen molar-refractivity contribution in [2.24, 2.45) is 0 Å². The van der Waals surface area contributed by atoms with Gasteiger partial charge < -0.3 is 4.42 Å². The summed E-state index contributed by atoms with van der Waals surface area (Å²) < 4.78 is 42.9. The first-order valence-electron chi connectivity index (χ1n) is 7.31. The average Bonchev–Trinajstić information content (AvgIpc) is 3.09. The number of carbonyl (C=O) groups is 1. The number of hydrogen-bond acceptors (Lipinski definition) is 6. The van der Waals surface area contributed by atoms with Crippen LogP contribution >= 0.6 is 0 Å². The van der Waals surface area contributed by atoms with Crippen molar-refractivity contribution in [1.82, 2.24) is 10.2 Å². The molecule has 8 nitrogen and oxygen atoms in total. The van der Waals surface area contributed by atoms with E-state index in [4.69, 9.17) is 4.42 Å². The number of hydrogen-bond donors (Lipinski definition) is 1. The van der Waals surface area contributed by atoms with Crippen LogP contribution in [0.25, 0.3) is 11.5 Å². The van der Waals surface area contributed by atoms with Crippen LogP contribution in [0, 0.1) is 10.1 Å². The second kappa shape index (κ2) is 6.86. The van der Waals surface area contributed by atoms with E-state index in [1.54, 1.807) is 0 Å². The number of amides is 1. The Balaban J connectivity index is 1.75. The Hall–Kier alpha value is -3.76. The predicted octanol–water partition coefficient (Wildman–Crippen LogP) is 3.92. The molecule has 0 unspecified atom stereocenters. The Morgan fingerprint density at radius 2 is 1.81 bits per heavy atom. The number of anilines is 1. The minimum Gasteiger partial charge on any atom is -0.403 e. The number of aromatic nitrogens is 2. The molecule has 27 heavy (non-hydrogen) atoms. The Morgan fingerprint density at radius 1 is 1.11 bits per heavy atom. The summed E-state index contributed by atoms with van der Waals surface area (Å²) in [6.07, 6.45) is -4.47. The van der Waals surface area contributed by atoms with Gasteiger partial charge in [0.1, 0.15) is 0 Å². The smallest absolute Gasteiger partial charge is 0.403 e. The lowest BCUT2D eigenvalue weighted by atomic mass is 10.1. The summed E-state index contributed by atoms with van der Waals surface area (Å²) in [5.41, 5.74) is -0.867. The molecule has 0 aliphatic rings. The molecule has 0 fully saturated rings. The molecule has 0 saturated heterocycles. The molecular weight excluding hydrogens is 369 g/mol. The van der Waals surface area contributed by atoms with Crippen LogP contribution in [-0.2, 0) is 6.18 Å². The number of nitro benzene ring substituents is 1. The monoisotopic (exact) mass is 378 g/mol. The number of rotatable bonds is 4. The van der Waals surface area contributed by atoms with Crippen LogP contribution in [0.3, 0.4) is 0 Å². The van der Waals surface area contributed by atoms with Crippen molar-refractivity contribution in [1.29, 1.82) is 0 Å². The fourth-order valence-corrected chi connectivity index (χ4v) is 2.12. The van der Waals surface area contributed by atoms with Crippen molar-refractivity contribution in [3.8, 4) is 11.5 Å². The number of non-ortho nitro benzene ring substituents is 1. The summed E-state index contributed by atoms with van der Waals surface area (Å²) in [5, 5.41) is 20.2. The molecule has 11 heteroatoms. The van der Waals surface area contributed by atoms with Crippen LogP contribution in [0.5, 0.6) is 0 Å². The van der Waals surface area contributed by atoms with E-state index in [1.807, 2.05) is 0 Å². The normalized spacial score (nSPS) is 11.2. The second-order valence-corrected chi connectivity index (χ2v) is 5.25. The van der Waals surface area contributed by atoms with E-state index in [0.29, 0.717) is 0 Å². The first kappa shape index (κ1) is 18.0. The van der Waals surface area contributed by atoms with E-state index < -0.39 is 22.6 Å². The lowest BCUT2D eigenvalue weighted by molar-refractivity contribution is -0.384. The zero-order valence-electron chi connectivity index (χ0n) is 13.2. The van der Waals surface area contributed by atoms with Gasteiger partial charge in [0.25, 0.3) is 11.6 Å². The quantitative estimate of drug-likeness (QED) is 0.544. The minimum atomic E-state index is -4.47. The van der Waals surface area contributed by atoms with Gasteiger partial charge in [-0.3, -0.25) is 20.2 Å². The van der Waals surface area contributed by atoms with Crippen LogP contribution in [-0.4, -0.2) is 21.0 Å². The molecule has 0 aliphatic heterocycles. The molecule has 0 radical (unpaired) electrons. The number of nitrogens with one attached hydrogen (secondary N) is 1. The number of benzene rings is 2. The summed E-state index contributed by atoms with van der Waals surface area (Å²) in [4.78, 5) is 22.2. The number of nitrogens with zero attached hydrogens (tertiary/aromatic N) is 3.